The summed E-state index contributed by atoms with van der Waals surface area (Å²) in [5, 5.41) is 11.1. The Morgan fingerprint density at radius 3 is 3.14 bits per heavy atom. The van der Waals surface area contributed by atoms with Gasteiger partial charge in [-0.05, 0) is 27.9 Å². The zero-order valence-corrected chi connectivity index (χ0v) is 13.4. The second-order valence-corrected chi connectivity index (χ2v) is 6.28. The van der Waals surface area contributed by atoms with Crippen LogP contribution in [0.3, 0.4) is 0 Å². The molecule has 0 radical (unpaired) electrons. The van der Waals surface area contributed by atoms with Crippen molar-refractivity contribution in [2.24, 2.45) is 11.7 Å². The van der Waals surface area contributed by atoms with Crippen LogP contribution in [0.2, 0.25) is 0 Å². The van der Waals surface area contributed by atoms with E-state index in [-0.39, 0.29) is 6.04 Å². The summed E-state index contributed by atoms with van der Waals surface area (Å²) in [7, 11) is 0. The minimum absolute atomic E-state index is 0.285. The minimum Gasteiger partial charge on any atom is -0.378 e. The summed E-state index contributed by atoms with van der Waals surface area (Å²) in [5.41, 5.74) is 7.53. The summed E-state index contributed by atoms with van der Waals surface area (Å²) >= 11 is 3.44. The number of carbonyl (C=O) groups excluding carboxylic acids is 1. The molecule has 2 aromatic heterocycles. The van der Waals surface area contributed by atoms with Gasteiger partial charge in [-0.15, -0.1) is 0 Å². The van der Waals surface area contributed by atoms with Crippen LogP contribution in [0.4, 0.5) is 5.69 Å². The van der Waals surface area contributed by atoms with E-state index in [0.29, 0.717) is 11.5 Å². The maximum Gasteiger partial charge on any atom is 0.252 e. The van der Waals surface area contributed by atoms with E-state index in [2.05, 4.69) is 38.6 Å². The lowest BCUT2D eigenvalue weighted by atomic mass is 10.00. The average molecular weight is 352 g/mol. The van der Waals surface area contributed by atoms with E-state index in [1.165, 1.54) is 6.20 Å². The number of nitrogens with two attached hydrogens (primary N) is 1. The monoisotopic (exact) mass is 351 g/mol. The van der Waals surface area contributed by atoms with Gasteiger partial charge in [0.05, 0.1) is 23.0 Å². The molecule has 1 saturated heterocycles. The molecule has 2 atom stereocenters. The highest BCUT2D eigenvalue weighted by molar-refractivity contribution is 9.10. The number of fused-ring (bicyclic) bond motifs is 1. The molecule has 0 spiro atoms. The van der Waals surface area contributed by atoms with Gasteiger partial charge >= 0.3 is 0 Å². The summed E-state index contributed by atoms with van der Waals surface area (Å²) in [6.07, 6.45) is 4.46. The Labute approximate surface area is 131 Å². The third-order valence-electron chi connectivity index (χ3n) is 4.06. The molecule has 0 aromatic carbocycles. The third-order valence-corrected chi connectivity index (χ3v) is 4.50. The molecule has 21 heavy (non-hydrogen) atoms. The fourth-order valence-corrected chi connectivity index (χ4v) is 3.29. The van der Waals surface area contributed by atoms with Crippen molar-refractivity contribution < 1.29 is 4.79 Å². The Kier molecular flexibility index (Phi) is 3.86. The van der Waals surface area contributed by atoms with Crippen LogP contribution in [0.5, 0.6) is 0 Å². The van der Waals surface area contributed by atoms with Crippen LogP contribution >= 0.6 is 15.9 Å². The molecule has 1 fully saturated rings. The van der Waals surface area contributed by atoms with Gasteiger partial charge in [0.1, 0.15) is 0 Å². The second-order valence-electron chi connectivity index (χ2n) is 5.36. The molecule has 3 rings (SSSR count). The fraction of sp³-hybridized carbons (Fsp3) is 0.429. The average Bonchev–Trinajstić information content (AvgIpc) is 3.03. The number of nitrogens with zero attached hydrogens (tertiary/aromatic N) is 2. The lowest BCUT2D eigenvalue weighted by Gasteiger charge is -2.21. The molecule has 0 bridgehead atoms. The molecular formula is C14H18BrN5O. The summed E-state index contributed by atoms with van der Waals surface area (Å²) in [5.74, 6) is 0.0705. The number of primary amides is 1. The lowest BCUT2D eigenvalue weighted by molar-refractivity contribution is 0.100. The molecule has 2 unspecified atom stereocenters. The van der Waals surface area contributed by atoms with E-state index in [1.54, 1.807) is 4.52 Å². The predicted molar refractivity (Wildman–Crippen MR) is 85.5 cm³/mol. The van der Waals surface area contributed by atoms with E-state index < -0.39 is 5.91 Å². The smallest absolute Gasteiger partial charge is 0.252 e. The Balaban J connectivity index is 2.05. The van der Waals surface area contributed by atoms with Gasteiger partial charge in [-0.25, -0.2) is 4.52 Å². The molecule has 1 aliphatic rings. The van der Waals surface area contributed by atoms with Gasteiger partial charge in [0.2, 0.25) is 0 Å². The van der Waals surface area contributed by atoms with Gasteiger partial charge < -0.3 is 16.4 Å². The van der Waals surface area contributed by atoms with Gasteiger partial charge in [0, 0.05) is 29.8 Å². The predicted octanol–water partition coefficient (Wildman–Crippen LogP) is 1.61. The zero-order chi connectivity index (χ0) is 15.0. The highest BCUT2D eigenvalue weighted by atomic mass is 79.9. The first-order valence-corrected chi connectivity index (χ1v) is 7.83. The normalized spacial score (nSPS) is 21.8. The number of halogens is 1. The van der Waals surface area contributed by atoms with Crippen LogP contribution in [0, 0.1) is 5.92 Å². The summed E-state index contributed by atoms with van der Waals surface area (Å²) in [4.78, 5) is 11.7. The van der Waals surface area contributed by atoms with Crippen molar-refractivity contribution in [1.29, 1.82) is 0 Å². The van der Waals surface area contributed by atoms with Crippen LogP contribution in [-0.2, 0) is 0 Å². The van der Waals surface area contributed by atoms with Gasteiger partial charge in [-0.2, -0.15) is 5.10 Å². The Hall–Kier alpha value is -1.60. The molecule has 1 aliphatic heterocycles. The van der Waals surface area contributed by atoms with Crippen molar-refractivity contribution in [3.63, 3.8) is 0 Å². The van der Waals surface area contributed by atoms with Gasteiger partial charge in [-0.1, -0.05) is 13.3 Å². The van der Waals surface area contributed by atoms with Crippen molar-refractivity contribution in [3.05, 3.63) is 28.5 Å². The first kappa shape index (κ1) is 14.3. The Morgan fingerprint density at radius 1 is 1.62 bits per heavy atom. The topological polar surface area (TPSA) is 84.5 Å². The number of hydrogen-bond acceptors (Lipinski definition) is 4. The molecule has 0 aliphatic carbocycles. The van der Waals surface area contributed by atoms with E-state index >= 15 is 0 Å². The van der Waals surface area contributed by atoms with Crippen LogP contribution in [0.25, 0.3) is 5.52 Å². The molecular weight excluding hydrogens is 334 g/mol. The van der Waals surface area contributed by atoms with Crippen LogP contribution in [0.1, 0.15) is 23.7 Å². The van der Waals surface area contributed by atoms with E-state index in [9.17, 15) is 4.79 Å². The lowest BCUT2D eigenvalue weighted by Crippen LogP contribution is -2.30. The van der Waals surface area contributed by atoms with Crippen molar-refractivity contribution in [1.82, 2.24) is 14.9 Å². The molecule has 7 heteroatoms. The number of nitrogens with one attached hydrogen (secondary N) is 2. The van der Waals surface area contributed by atoms with Crippen molar-refractivity contribution in [2.75, 3.05) is 18.4 Å². The second kappa shape index (κ2) is 5.65. The van der Waals surface area contributed by atoms with E-state index in [1.807, 2.05) is 12.3 Å². The minimum atomic E-state index is -0.469. The summed E-state index contributed by atoms with van der Waals surface area (Å²) in [6, 6.07) is 2.22. The SMILES string of the molecule is CCC1CNCC1Nc1c(C(N)=O)cnn2cc(Br)cc12. The van der Waals surface area contributed by atoms with Gasteiger partial charge in [0.15, 0.2) is 0 Å². The fourth-order valence-electron chi connectivity index (χ4n) is 2.88. The van der Waals surface area contributed by atoms with Crippen LogP contribution in [-0.4, -0.2) is 34.7 Å². The Bertz CT molecular complexity index is 683. The van der Waals surface area contributed by atoms with Gasteiger partial charge in [-0.3, -0.25) is 4.79 Å². The molecule has 112 valence electrons. The number of aromatic nitrogens is 2. The van der Waals surface area contributed by atoms with Crippen molar-refractivity contribution in [3.8, 4) is 0 Å². The summed E-state index contributed by atoms with van der Waals surface area (Å²) < 4.78 is 2.65. The number of amides is 1. The molecule has 1 amide bonds. The standard InChI is InChI=1S/C14H18BrN5O/c1-2-8-4-17-6-11(8)19-13-10(14(16)21)5-18-20-7-9(15)3-12(13)20/h3,5,7-8,11,17,19H,2,4,6H2,1H3,(H2,16,21). The van der Waals surface area contributed by atoms with Crippen molar-refractivity contribution in [2.45, 2.75) is 19.4 Å². The summed E-state index contributed by atoms with van der Waals surface area (Å²) in [6.45, 7) is 4.05. The van der Waals surface area contributed by atoms with Crippen molar-refractivity contribution >= 4 is 33.0 Å². The molecule has 4 N–H and O–H groups in total. The zero-order valence-electron chi connectivity index (χ0n) is 11.8. The Morgan fingerprint density at radius 2 is 2.43 bits per heavy atom. The van der Waals surface area contributed by atoms with E-state index in [0.717, 1.165) is 35.2 Å². The largest absolute Gasteiger partial charge is 0.378 e. The maximum absolute atomic E-state index is 11.7. The third kappa shape index (κ3) is 2.63. The molecule has 0 saturated carbocycles. The maximum atomic E-state index is 11.7. The molecule has 6 nitrogen and oxygen atoms in total. The number of hydrogen-bond donors (Lipinski definition) is 3. The molecule has 2 aromatic rings. The van der Waals surface area contributed by atoms with Crippen LogP contribution in [0.15, 0.2) is 22.9 Å². The first-order valence-electron chi connectivity index (χ1n) is 7.04. The highest BCUT2D eigenvalue weighted by Gasteiger charge is 2.27. The number of anilines is 1. The van der Waals surface area contributed by atoms with Crippen LogP contribution < -0.4 is 16.4 Å². The number of rotatable bonds is 4. The number of carbonyl (C=O) groups is 1. The first-order chi connectivity index (χ1) is 10.1. The molecule has 3 heterocycles. The van der Waals surface area contributed by atoms with Gasteiger partial charge in [0.25, 0.3) is 5.91 Å². The van der Waals surface area contributed by atoms with E-state index in [4.69, 9.17) is 5.73 Å². The highest BCUT2D eigenvalue weighted by Crippen LogP contribution is 2.28. The quantitative estimate of drug-likeness (QED) is 0.781.